The van der Waals surface area contributed by atoms with Crippen molar-refractivity contribution >= 4 is 28.7 Å². The SMILES string of the molecule is O=C(OC(=O)C(F)(F)F)c1cccc(C#CCNc2ccc3nc[nH]c3c2)c1-c1ccccc1. The topological polar surface area (TPSA) is 84.1 Å². The first-order chi connectivity index (χ1) is 16.3. The van der Waals surface area contributed by atoms with E-state index in [1.54, 1.807) is 42.7 Å². The van der Waals surface area contributed by atoms with E-state index < -0.39 is 18.1 Å². The Morgan fingerprint density at radius 1 is 1.03 bits per heavy atom. The number of H-pyrrole nitrogens is 1. The van der Waals surface area contributed by atoms with Crippen molar-refractivity contribution in [2.45, 2.75) is 6.18 Å². The molecule has 0 spiro atoms. The molecule has 0 aliphatic carbocycles. The number of imidazole rings is 1. The van der Waals surface area contributed by atoms with Crippen LogP contribution >= 0.6 is 0 Å². The molecule has 9 heteroatoms. The van der Waals surface area contributed by atoms with E-state index in [4.69, 9.17) is 0 Å². The predicted octanol–water partition coefficient (Wildman–Crippen LogP) is 4.94. The van der Waals surface area contributed by atoms with E-state index in [2.05, 4.69) is 31.9 Å². The Morgan fingerprint density at radius 3 is 2.59 bits per heavy atom. The first-order valence-corrected chi connectivity index (χ1v) is 10.0. The summed E-state index contributed by atoms with van der Waals surface area (Å²) in [6, 6.07) is 18.5. The van der Waals surface area contributed by atoms with Crippen LogP contribution in [0.25, 0.3) is 22.2 Å². The van der Waals surface area contributed by atoms with Gasteiger partial charge >= 0.3 is 18.1 Å². The number of alkyl halides is 3. The number of carbonyl (C=O) groups excluding carboxylic acids is 2. The van der Waals surface area contributed by atoms with E-state index in [-0.39, 0.29) is 17.7 Å². The maximum atomic E-state index is 12.6. The summed E-state index contributed by atoms with van der Waals surface area (Å²) in [5.74, 6) is 1.91. The molecule has 3 aromatic carbocycles. The smallest absolute Gasteiger partial charge is 0.383 e. The van der Waals surface area contributed by atoms with Gasteiger partial charge in [-0.2, -0.15) is 13.2 Å². The van der Waals surface area contributed by atoms with Crippen molar-refractivity contribution in [3.63, 3.8) is 0 Å². The van der Waals surface area contributed by atoms with Crippen molar-refractivity contribution in [2.75, 3.05) is 11.9 Å². The predicted molar refractivity (Wildman–Crippen MR) is 120 cm³/mol. The van der Waals surface area contributed by atoms with Gasteiger partial charge < -0.3 is 15.0 Å². The largest absolute Gasteiger partial charge is 0.491 e. The molecule has 0 aliphatic heterocycles. The lowest BCUT2D eigenvalue weighted by atomic mass is 9.94. The molecule has 0 radical (unpaired) electrons. The Bertz CT molecular complexity index is 1420. The Labute approximate surface area is 191 Å². The second-order valence-electron chi connectivity index (χ2n) is 7.06. The fourth-order valence-corrected chi connectivity index (χ4v) is 3.27. The molecular weight excluding hydrogens is 447 g/mol. The van der Waals surface area contributed by atoms with Gasteiger partial charge in [0.2, 0.25) is 0 Å². The van der Waals surface area contributed by atoms with Gasteiger partial charge in [0.25, 0.3) is 0 Å². The molecule has 4 aromatic rings. The number of nitrogens with zero attached hydrogens (tertiary/aromatic N) is 1. The van der Waals surface area contributed by atoms with Gasteiger partial charge in [0.05, 0.1) is 29.5 Å². The van der Waals surface area contributed by atoms with Gasteiger partial charge in [-0.05, 0) is 35.9 Å². The number of hydrogen-bond donors (Lipinski definition) is 2. The van der Waals surface area contributed by atoms with E-state index in [1.165, 1.54) is 12.1 Å². The van der Waals surface area contributed by atoms with Gasteiger partial charge in [-0.15, -0.1) is 0 Å². The van der Waals surface area contributed by atoms with Crippen molar-refractivity contribution in [1.29, 1.82) is 0 Å². The van der Waals surface area contributed by atoms with Crippen LogP contribution in [-0.2, 0) is 9.53 Å². The van der Waals surface area contributed by atoms with Gasteiger partial charge in [0.15, 0.2) is 0 Å². The summed E-state index contributed by atoms with van der Waals surface area (Å²) in [4.78, 5) is 30.8. The zero-order chi connectivity index (χ0) is 24.1. The number of fused-ring (bicyclic) bond motifs is 1. The van der Waals surface area contributed by atoms with E-state index in [9.17, 15) is 22.8 Å². The average molecular weight is 463 g/mol. The molecule has 2 N–H and O–H groups in total. The first-order valence-electron chi connectivity index (χ1n) is 10.0. The highest BCUT2D eigenvalue weighted by molar-refractivity contribution is 6.04. The number of aromatic nitrogens is 2. The molecule has 1 heterocycles. The second-order valence-corrected chi connectivity index (χ2v) is 7.06. The number of carbonyl (C=O) groups is 2. The molecule has 0 fully saturated rings. The highest BCUT2D eigenvalue weighted by atomic mass is 19.4. The monoisotopic (exact) mass is 463 g/mol. The van der Waals surface area contributed by atoms with Gasteiger partial charge in [-0.3, -0.25) is 0 Å². The lowest BCUT2D eigenvalue weighted by Gasteiger charge is -2.12. The van der Waals surface area contributed by atoms with E-state index in [0.29, 0.717) is 11.1 Å². The van der Waals surface area contributed by atoms with Crippen LogP contribution < -0.4 is 5.32 Å². The number of rotatable bonds is 4. The van der Waals surface area contributed by atoms with Crippen LogP contribution in [-0.4, -0.2) is 34.6 Å². The van der Waals surface area contributed by atoms with Crippen molar-refractivity contribution in [3.05, 3.63) is 84.2 Å². The number of hydrogen-bond acceptors (Lipinski definition) is 5. The van der Waals surface area contributed by atoms with E-state index >= 15 is 0 Å². The molecule has 0 saturated carbocycles. The number of esters is 2. The molecular formula is C25H16F3N3O3. The number of nitrogens with one attached hydrogen (secondary N) is 2. The summed E-state index contributed by atoms with van der Waals surface area (Å²) in [6.45, 7) is 0.259. The third kappa shape index (κ3) is 5.07. The Hall–Kier alpha value is -4.58. The normalized spacial score (nSPS) is 10.9. The number of ether oxygens (including phenoxy) is 1. The molecule has 6 nitrogen and oxygen atoms in total. The minimum Gasteiger partial charge on any atom is -0.383 e. The van der Waals surface area contributed by atoms with E-state index in [1.807, 2.05) is 18.2 Å². The average Bonchev–Trinajstić information content (AvgIpc) is 3.29. The van der Waals surface area contributed by atoms with Crippen LogP contribution in [0.15, 0.2) is 73.1 Å². The maximum absolute atomic E-state index is 12.6. The minimum atomic E-state index is -5.29. The van der Waals surface area contributed by atoms with Gasteiger partial charge in [0.1, 0.15) is 0 Å². The van der Waals surface area contributed by atoms with Crippen LogP contribution in [0.2, 0.25) is 0 Å². The third-order valence-corrected chi connectivity index (χ3v) is 4.79. The molecule has 4 rings (SSSR count). The van der Waals surface area contributed by atoms with Crippen molar-refractivity contribution in [2.24, 2.45) is 0 Å². The Morgan fingerprint density at radius 2 is 1.82 bits per heavy atom. The van der Waals surface area contributed by atoms with Crippen molar-refractivity contribution in [1.82, 2.24) is 9.97 Å². The number of halogens is 3. The standard InChI is InChI=1S/C25H16F3N3O3/c26-25(27,28)24(33)34-23(32)19-10-4-8-17(22(19)16-6-2-1-3-7-16)9-5-13-29-18-11-12-20-21(14-18)31-15-30-20/h1-4,6-8,10-12,14-15,29H,13H2,(H,30,31). The summed E-state index contributed by atoms with van der Waals surface area (Å²) >= 11 is 0. The first kappa shape index (κ1) is 22.6. The molecule has 1 aromatic heterocycles. The zero-order valence-electron chi connectivity index (χ0n) is 17.4. The zero-order valence-corrected chi connectivity index (χ0v) is 17.4. The number of benzene rings is 3. The second kappa shape index (κ2) is 9.50. The van der Waals surface area contributed by atoms with Crippen LogP contribution in [0.3, 0.4) is 0 Å². The molecule has 170 valence electrons. The lowest BCUT2D eigenvalue weighted by molar-refractivity contribution is -0.193. The quantitative estimate of drug-likeness (QED) is 0.255. The summed E-state index contributed by atoms with van der Waals surface area (Å²) in [5, 5.41) is 3.15. The lowest BCUT2D eigenvalue weighted by Crippen LogP contribution is -2.28. The molecule has 34 heavy (non-hydrogen) atoms. The Balaban J connectivity index is 1.61. The van der Waals surface area contributed by atoms with Crippen LogP contribution in [0.4, 0.5) is 18.9 Å². The minimum absolute atomic E-state index is 0.201. The van der Waals surface area contributed by atoms with Crippen LogP contribution in [0, 0.1) is 11.8 Å². The fourth-order valence-electron chi connectivity index (χ4n) is 3.27. The highest BCUT2D eigenvalue weighted by Gasteiger charge is 2.42. The summed E-state index contributed by atoms with van der Waals surface area (Å²) < 4.78 is 41.8. The third-order valence-electron chi connectivity index (χ3n) is 4.79. The Kier molecular flexibility index (Phi) is 6.32. The van der Waals surface area contributed by atoms with E-state index in [0.717, 1.165) is 16.7 Å². The van der Waals surface area contributed by atoms with Crippen LogP contribution in [0.5, 0.6) is 0 Å². The number of anilines is 1. The highest BCUT2D eigenvalue weighted by Crippen LogP contribution is 2.29. The van der Waals surface area contributed by atoms with Gasteiger partial charge in [0, 0.05) is 16.8 Å². The maximum Gasteiger partial charge on any atom is 0.491 e. The molecule has 0 bridgehead atoms. The fraction of sp³-hybridized carbons (Fsp3) is 0.0800. The van der Waals surface area contributed by atoms with Gasteiger partial charge in [-0.1, -0.05) is 48.2 Å². The molecule has 0 aliphatic rings. The molecule has 0 unspecified atom stereocenters. The summed E-state index contributed by atoms with van der Waals surface area (Å²) in [6.07, 6.45) is -3.69. The summed E-state index contributed by atoms with van der Waals surface area (Å²) in [7, 11) is 0. The molecule has 0 saturated heterocycles. The molecule has 0 atom stereocenters. The number of aromatic amines is 1. The van der Waals surface area contributed by atoms with Crippen LogP contribution in [0.1, 0.15) is 15.9 Å². The van der Waals surface area contributed by atoms with Crippen molar-refractivity contribution < 1.29 is 27.5 Å². The summed E-state index contributed by atoms with van der Waals surface area (Å²) in [5.41, 5.74) is 3.52. The van der Waals surface area contributed by atoms with Crippen molar-refractivity contribution in [3.8, 4) is 23.0 Å². The molecule has 0 amide bonds. The van der Waals surface area contributed by atoms with Gasteiger partial charge in [-0.25, -0.2) is 14.6 Å².